The van der Waals surface area contributed by atoms with Gasteiger partial charge in [-0.05, 0) is 38.1 Å². The van der Waals surface area contributed by atoms with Gasteiger partial charge in [-0.3, -0.25) is 4.79 Å². The highest BCUT2D eigenvalue weighted by atomic mass is 35.5. The molecule has 0 aliphatic carbocycles. The Morgan fingerprint density at radius 1 is 1.30 bits per heavy atom. The van der Waals surface area contributed by atoms with Gasteiger partial charge in [-0.15, -0.1) is 0 Å². The van der Waals surface area contributed by atoms with Crippen LogP contribution in [0, 0.1) is 0 Å². The van der Waals surface area contributed by atoms with Crippen molar-refractivity contribution in [2.75, 3.05) is 6.54 Å². The summed E-state index contributed by atoms with van der Waals surface area (Å²) in [4.78, 5) is 22.9. The van der Waals surface area contributed by atoms with Crippen molar-refractivity contribution in [1.82, 2.24) is 14.9 Å². The first-order valence-corrected chi connectivity index (χ1v) is 7.85. The molecule has 2 heterocycles. The van der Waals surface area contributed by atoms with Crippen LogP contribution in [0.1, 0.15) is 25.1 Å². The molecule has 1 aliphatic rings. The summed E-state index contributed by atoms with van der Waals surface area (Å²) < 4.78 is 5.88. The van der Waals surface area contributed by atoms with Gasteiger partial charge in [0.2, 0.25) is 0 Å². The first kappa shape index (κ1) is 15.7. The van der Waals surface area contributed by atoms with Gasteiger partial charge in [0.05, 0.1) is 5.69 Å². The predicted molar refractivity (Wildman–Crippen MR) is 87.3 cm³/mol. The summed E-state index contributed by atoms with van der Waals surface area (Å²) in [6.07, 6.45) is 4.05. The lowest BCUT2D eigenvalue weighted by Crippen LogP contribution is -2.50. The van der Waals surface area contributed by atoms with E-state index in [0.29, 0.717) is 23.9 Å². The fourth-order valence-corrected chi connectivity index (χ4v) is 2.79. The van der Waals surface area contributed by atoms with Gasteiger partial charge in [0.25, 0.3) is 5.91 Å². The third kappa shape index (κ3) is 3.45. The second kappa shape index (κ2) is 6.16. The molecule has 0 saturated carbocycles. The molecule has 0 N–H and O–H groups in total. The molecule has 1 amide bonds. The second-order valence-corrected chi connectivity index (χ2v) is 6.47. The Kier molecular flexibility index (Phi) is 4.22. The minimum absolute atomic E-state index is 0.0537. The smallest absolute Gasteiger partial charge is 0.266 e. The maximum Gasteiger partial charge on any atom is 0.266 e. The average Bonchev–Trinajstić information content (AvgIpc) is 2.55. The van der Waals surface area contributed by atoms with Crippen LogP contribution in [0.2, 0.25) is 5.02 Å². The van der Waals surface area contributed by atoms with Crippen molar-refractivity contribution in [3.8, 4) is 5.75 Å². The average molecular weight is 332 g/mol. The molecule has 5 nitrogen and oxygen atoms in total. The van der Waals surface area contributed by atoms with E-state index in [2.05, 4.69) is 9.97 Å². The zero-order valence-corrected chi connectivity index (χ0v) is 13.9. The molecule has 0 saturated heterocycles. The number of carbonyl (C=O) groups excluding carboxylic acids is 1. The SMILES string of the molecule is CC(C)(Oc1ccc(Cl)cc1)C(=O)N1CCc2ncncc2C1. The maximum absolute atomic E-state index is 12.8. The van der Waals surface area contributed by atoms with Gasteiger partial charge in [0, 0.05) is 36.3 Å². The summed E-state index contributed by atoms with van der Waals surface area (Å²) in [5.74, 6) is 0.565. The van der Waals surface area contributed by atoms with E-state index in [1.54, 1.807) is 55.5 Å². The molecule has 0 fully saturated rings. The number of aromatic nitrogens is 2. The Bertz CT molecular complexity index is 716. The lowest BCUT2D eigenvalue weighted by Gasteiger charge is -2.34. The monoisotopic (exact) mass is 331 g/mol. The second-order valence-electron chi connectivity index (χ2n) is 6.04. The van der Waals surface area contributed by atoms with E-state index < -0.39 is 5.60 Å². The third-order valence-corrected chi connectivity index (χ3v) is 4.10. The molecule has 6 heteroatoms. The minimum Gasteiger partial charge on any atom is -0.478 e. The summed E-state index contributed by atoms with van der Waals surface area (Å²) in [6, 6.07) is 7.01. The van der Waals surface area contributed by atoms with E-state index in [1.807, 2.05) is 0 Å². The van der Waals surface area contributed by atoms with E-state index in [9.17, 15) is 4.79 Å². The van der Waals surface area contributed by atoms with Gasteiger partial charge in [-0.25, -0.2) is 9.97 Å². The topological polar surface area (TPSA) is 55.3 Å². The Morgan fingerprint density at radius 3 is 2.78 bits per heavy atom. The van der Waals surface area contributed by atoms with Crippen LogP contribution in [0.25, 0.3) is 0 Å². The van der Waals surface area contributed by atoms with E-state index in [4.69, 9.17) is 16.3 Å². The standard InChI is InChI=1S/C17H18ClN3O2/c1-17(2,23-14-5-3-13(18)4-6-14)16(22)21-8-7-15-12(10-21)9-19-11-20-15/h3-6,9,11H,7-8,10H2,1-2H3. The molecule has 0 bridgehead atoms. The van der Waals surface area contributed by atoms with Crippen molar-refractivity contribution in [3.63, 3.8) is 0 Å². The fraction of sp³-hybridized carbons (Fsp3) is 0.353. The van der Waals surface area contributed by atoms with Gasteiger partial charge in [0.1, 0.15) is 12.1 Å². The largest absolute Gasteiger partial charge is 0.478 e. The molecular weight excluding hydrogens is 314 g/mol. The highest BCUT2D eigenvalue weighted by molar-refractivity contribution is 6.30. The quantitative estimate of drug-likeness (QED) is 0.867. The number of hydrogen-bond donors (Lipinski definition) is 0. The molecular formula is C17H18ClN3O2. The summed E-state index contributed by atoms with van der Waals surface area (Å²) in [7, 11) is 0. The molecule has 3 rings (SSSR count). The number of nitrogens with zero attached hydrogens (tertiary/aromatic N) is 3. The summed E-state index contributed by atoms with van der Waals surface area (Å²) in [5.41, 5.74) is 1.05. The highest BCUT2D eigenvalue weighted by Crippen LogP contribution is 2.24. The highest BCUT2D eigenvalue weighted by Gasteiger charge is 2.35. The van der Waals surface area contributed by atoms with Gasteiger partial charge >= 0.3 is 0 Å². The van der Waals surface area contributed by atoms with Crippen molar-refractivity contribution in [2.24, 2.45) is 0 Å². The third-order valence-electron chi connectivity index (χ3n) is 3.85. The van der Waals surface area contributed by atoms with Crippen LogP contribution in [0.15, 0.2) is 36.8 Å². The molecule has 0 atom stereocenters. The van der Waals surface area contributed by atoms with Crippen LogP contribution < -0.4 is 4.74 Å². The van der Waals surface area contributed by atoms with Gasteiger partial charge < -0.3 is 9.64 Å². The predicted octanol–water partition coefficient (Wildman–Crippen LogP) is 2.87. The molecule has 0 unspecified atom stereocenters. The number of fused-ring (bicyclic) bond motifs is 1. The van der Waals surface area contributed by atoms with Crippen molar-refractivity contribution in [1.29, 1.82) is 0 Å². The molecule has 1 aromatic carbocycles. The van der Waals surface area contributed by atoms with Crippen molar-refractivity contribution < 1.29 is 9.53 Å². The number of carbonyl (C=O) groups is 1. The summed E-state index contributed by atoms with van der Waals surface area (Å²) >= 11 is 5.87. The number of ether oxygens (including phenoxy) is 1. The lowest BCUT2D eigenvalue weighted by molar-refractivity contribution is -0.146. The fourth-order valence-electron chi connectivity index (χ4n) is 2.66. The van der Waals surface area contributed by atoms with Gasteiger partial charge in [-0.1, -0.05) is 11.6 Å². The van der Waals surface area contributed by atoms with Gasteiger partial charge in [-0.2, -0.15) is 0 Å². The van der Waals surface area contributed by atoms with Crippen LogP contribution in [0.3, 0.4) is 0 Å². The van der Waals surface area contributed by atoms with E-state index >= 15 is 0 Å². The van der Waals surface area contributed by atoms with Crippen LogP contribution in [-0.4, -0.2) is 32.9 Å². The number of amides is 1. The Hall–Kier alpha value is -2.14. The zero-order chi connectivity index (χ0) is 16.4. The molecule has 0 radical (unpaired) electrons. The lowest BCUT2D eigenvalue weighted by atomic mass is 10.0. The van der Waals surface area contributed by atoms with Crippen molar-refractivity contribution >= 4 is 17.5 Å². The summed E-state index contributed by atoms with van der Waals surface area (Å²) in [5, 5.41) is 0.633. The maximum atomic E-state index is 12.8. The molecule has 120 valence electrons. The normalized spacial score (nSPS) is 14.3. The minimum atomic E-state index is -0.957. The van der Waals surface area contributed by atoms with E-state index in [0.717, 1.165) is 17.7 Å². The van der Waals surface area contributed by atoms with Crippen molar-refractivity contribution in [3.05, 3.63) is 53.1 Å². The van der Waals surface area contributed by atoms with E-state index in [1.165, 1.54) is 0 Å². The molecule has 2 aromatic rings. The number of halogens is 1. The van der Waals surface area contributed by atoms with Gasteiger partial charge in [0.15, 0.2) is 5.60 Å². The Balaban J connectivity index is 1.73. The molecule has 1 aliphatic heterocycles. The van der Waals surface area contributed by atoms with Crippen LogP contribution in [0.5, 0.6) is 5.75 Å². The first-order chi connectivity index (χ1) is 11.0. The number of benzene rings is 1. The first-order valence-electron chi connectivity index (χ1n) is 7.47. The van der Waals surface area contributed by atoms with Crippen molar-refractivity contribution in [2.45, 2.75) is 32.4 Å². The molecule has 0 spiro atoms. The number of hydrogen-bond acceptors (Lipinski definition) is 4. The molecule has 23 heavy (non-hydrogen) atoms. The van der Waals surface area contributed by atoms with Crippen LogP contribution in [-0.2, 0) is 17.8 Å². The van der Waals surface area contributed by atoms with E-state index in [-0.39, 0.29) is 5.91 Å². The Morgan fingerprint density at radius 2 is 2.04 bits per heavy atom. The summed E-state index contributed by atoms with van der Waals surface area (Å²) in [6.45, 7) is 4.71. The van der Waals surface area contributed by atoms with Crippen LogP contribution in [0.4, 0.5) is 0 Å². The van der Waals surface area contributed by atoms with Crippen LogP contribution >= 0.6 is 11.6 Å². The number of rotatable bonds is 3. The Labute approximate surface area is 140 Å². The molecule has 1 aromatic heterocycles. The zero-order valence-electron chi connectivity index (χ0n) is 13.1.